The van der Waals surface area contributed by atoms with E-state index in [0.717, 1.165) is 12.1 Å². The van der Waals surface area contributed by atoms with Crippen LogP contribution >= 0.6 is 0 Å². The van der Waals surface area contributed by atoms with Crippen molar-refractivity contribution in [3.63, 3.8) is 0 Å². The summed E-state index contributed by atoms with van der Waals surface area (Å²) in [5.74, 6) is -0.669. The molecule has 1 N–H and O–H groups in total. The Morgan fingerprint density at radius 3 is 2.59 bits per heavy atom. The Balaban J connectivity index is 2.67. The molecule has 1 aromatic rings. The predicted octanol–water partition coefficient (Wildman–Crippen LogP) is 3.48. The van der Waals surface area contributed by atoms with Gasteiger partial charge in [0.2, 0.25) is 0 Å². The molecule has 0 aliphatic heterocycles. The lowest BCUT2D eigenvalue weighted by Gasteiger charge is -2.07. The van der Waals surface area contributed by atoms with Crippen LogP contribution in [0.15, 0.2) is 36.2 Å². The minimum atomic E-state index is -4.36. The summed E-state index contributed by atoms with van der Waals surface area (Å²) >= 11 is 0. The Morgan fingerprint density at radius 2 is 2.00 bits per heavy atom. The Bertz CT molecular complexity index is 396. The number of allylic oxidation sites excluding steroid dienone is 1. The molecule has 0 aliphatic carbocycles. The second-order valence-corrected chi connectivity index (χ2v) is 3.55. The van der Waals surface area contributed by atoms with Crippen LogP contribution in [0, 0.1) is 0 Å². The van der Waals surface area contributed by atoms with Gasteiger partial charge >= 0.3 is 6.18 Å². The molecule has 0 heterocycles. The van der Waals surface area contributed by atoms with Crippen LogP contribution < -0.4 is 0 Å². The summed E-state index contributed by atoms with van der Waals surface area (Å²) < 4.78 is 49.6. The number of aliphatic hydroxyl groups is 1. The van der Waals surface area contributed by atoms with Gasteiger partial charge in [0.15, 0.2) is 0 Å². The summed E-state index contributed by atoms with van der Waals surface area (Å²) in [6, 6.07) is 4.92. The van der Waals surface area contributed by atoms with E-state index in [-0.39, 0.29) is 6.42 Å². The van der Waals surface area contributed by atoms with E-state index in [9.17, 15) is 17.6 Å². The Labute approximate surface area is 96.4 Å². The number of halogens is 4. The third kappa shape index (κ3) is 4.56. The first-order valence-electron chi connectivity index (χ1n) is 5.05. The number of hydrogen-bond donors (Lipinski definition) is 1. The fourth-order valence-electron chi connectivity index (χ4n) is 1.36. The molecule has 0 saturated heterocycles. The van der Waals surface area contributed by atoms with Gasteiger partial charge in [-0.15, -0.1) is 0 Å². The first-order chi connectivity index (χ1) is 7.93. The summed E-state index contributed by atoms with van der Waals surface area (Å²) in [7, 11) is 0. The highest BCUT2D eigenvalue weighted by molar-refractivity contribution is 5.26. The molecule has 94 valence electrons. The topological polar surface area (TPSA) is 20.2 Å². The number of aryl methyl sites for hydroxylation is 1. The molecule has 0 aromatic heterocycles. The summed E-state index contributed by atoms with van der Waals surface area (Å²) in [5.41, 5.74) is -0.219. The van der Waals surface area contributed by atoms with Crippen molar-refractivity contribution >= 4 is 0 Å². The maximum atomic E-state index is 12.5. The largest absolute Gasteiger partial charge is 0.416 e. The van der Waals surface area contributed by atoms with E-state index in [0.29, 0.717) is 12.0 Å². The number of benzene rings is 1. The monoisotopic (exact) mass is 248 g/mol. The molecular weight excluding hydrogens is 236 g/mol. The minimum Gasteiger partial charge on any atom is -0.389 e. The van der Waals surface area contributed by atoms with Crippen LogP contribution in [0.3, 0.4) is 0 Å². The molecule has 0 aliphatic rings. The van der Waals surface area contributed by atoms with Gasteiger partial charge in [-0.25, -0.2) is 4.39 Å². The number of rotatable bonds is 4. The lowest BCUT2D eigenvalue weighted by atomic mass is 10.1. The molecule has 17 heavy (non-hydrogen) atoms. The molecule has 1 aromatic carbocycles. The summed E-state index contributed by atoms with van der Waals surface area (Å²) in [4.78, 5) is 0. The van der Waals surface area contributed by atoms with E-state index in [1.165, 1.54) is 12.1 Å². The van der Waals surface area contributed by atoms with E-state index in [2.05, 4.69) is 0 Å². The van der Waals surface area contributed by atoms with Gasteiger partial charge in [-0.05, 0) is 24.5 Å². The SMILES string of the molecule is OC/C(F)=C/CCc1cccc(C(F)(F)F)c1. The van der Waals surface area contributed by atoms with Crippen molar-refractivity contribution in [3.8, 4) is 0 Å². The molecule has 0 spiro atoms. The molecule has 0 unspecified atom stereocenters. The lowest BCUT2D eigenvalue weighted by Crippen LogP contribution is -2.05. The van der Waals surface area contributed by atoms with E-state index in [1.807, 2.05) is 0 Å². The van der Waals surface area contributed by atoms with E-state index in [4.69, 9.17) is 5.11 Å². The highest BCUT2D eigenvalue weighted by atomic mass is 19.4. The third-order valence-corrected chi connectivity index (χ3v) is 2.20. The van der Waals surface area contributed by atoms with Crippen LogP contribution in [0.5, 0.6) is 0 Å². The Morgan fingerprint density at radius 1 is 1.29 bits per heavy atom. The lowest BCUT2D eigenvalue weighted by molar-refractivity contribution is -0.137. The molecule has 0 saturated carbocycles. The quantitative estimate of drug-likeness (QED) is 0.809. The average Bonchev–Trinajstić information content (AvgIpc) is 2.28. The van der Waals surface area contributed by atoms with Crippen LogP contribution in [-0.4, -0.2) is 11.7 Å². The van der Waals surface area contributed by atoms with Gasteiger partial charge in [0.05, 0.1) is 12.2 Å². The normalized spacial score (nSPS) is 12.9. The van der Waals surface area contributed by atoms with E-state index < -0.39 is 24.2 Å². The van der Waals surface area contributed by atoms with E-state index in [1.54, 1.807) is 6.07 Å². The first-order valence-corrected chi connectivity index (χ1v) is 5.05. The maximum Gasteiger partial charge on any atom is 0.416 e. The van der Waals surface area contributed by atoms with Crippen LogP contribution in [-0.2, 0) is 12.6 Å². The van der Waals surface area contributed by atoms with E-state index >= 15 is 0 Å². The molecule has 0 amide bonds. The summed E-state index contributed by atoms with van der Waals surface area (Å²) in [6.07, 6.45) is -2.63. The van der Waals surface area contributed by atoms with Gasteiger partial charge in [0.1, 0.15) is 5.83 Å². The summed E-state index contributed by atoms with van der Waals surface area (Å²) in [6.45, 7) is -0.678. The van der Waals surface area contributed by atoms with Crippen LogP contribution in [0.4, 0.5) is 17.6 Å². The van der Waals surface area contributed by atoms with Crippen molar-refractivity contribution in [2.24, 2.45) is 0 Å². The minimum absolute atomic E-state index is 0.258. The zero-order chi connectivity index (χ0) is 12.9. The van der Waals surface area contributed by atoms with Crippen molar-refractivity contribution in [1.82, 2.24) is 0 Å². The average molecular weight is 248 g/mol. The van der Waals surface area contributed by atoms with Crippen molar-refractivity contribution in [3.05, 3.63) is 47.3 Å². The van der Waals surface area contributed by atoms with Crippen molar-refractivity contribution in [2.45, 2.75) is 19.0 Å². The van der Waals surface area contributed by atoms with Gasteiger partial charge < -0.3 is 5.11 Å². The number of aliphatic hydroxyl groups excluding tert-OH is 1. The summed E-state index contributed by atoms with van der Waals surface area (Å²) in [5, 5.41) is 8.39. The predicted molar refractivity (Wildman–Crippen MR) is 56.0 cm³/mol. The molecule has 1 rings (SSSR count). The van der Waals surface area contributed by atoms with Crippen molar-refractivity contribution in [1.29, 1.82) is 0 Å². The van der Waals surface area contributed by atoms with Crippen molar-refractivity contribution < 1.29 is 22.7 Å². The smallest absolute Gasteiger partial charge is 0.389 e. The standard InChI is InChI=1S/C12H12F4O/c13-11(8-17)6-2-4-9-3-1-5-10(7-9)12(14,15)16/h1,3,5-7,17H,2,4,8H2/b11-6-. The second kappa shape index (κ2) is 5.82. The molecule has 0 bridgehead atoms. The molecule has 5 heteroatoms. The van der Waals surface area contributed by atoms with Gasteiger partial charge in [0.25, 0.3) is 0 Å². The zero-order valence-corrected chi connectivity index (χ0v) is 8.97. The molecule has 1 nitrogen and oxygen atoms in total. The second-order valence-electron chi connectivity index (χ2n) is 3.55. The zero-order valence-electron chi connectivity index (χ0n) is 8.97. The Hall–Kier alpha value is -1.36. The number of alkyl halides is 3. The highest BCUT2D eigenvalue weighted by Gasteiger charge is 2.30. The fourth-order valence-corrected chi connectivity index (χ4v) is 1.36. The van der Waals surface area contributed by atoms with Gasteiger partial charge in [0, 0.05) is 0 Å². The van der Waals surface area contributed by atoms with Crippen LogP contribution in [0.25, 0.3) is 0 Å². The Kier molecular flexibility index (Phi) is 4.69. The third-order valence-electron chi connectivity index (χ3n) is 2.20. The molecule has 0 radical (unpaired) electrons. The van der Waals surface area contributed by atoms with Crippen LogP contribution in [0.1, 0.15) is 17.5 Å². The van der Waals surface area contributed by atoms with Crippen molar-refractivity contribution in [2.75, 3.05) is 6.61 Å². The van der Waals surface area contributed by atoms with Gasteiger partial charge in [-0.2, -0.15) is 13.2 Å². The molecular formula is C12H12F4O. The molecule has 0 fully saturated rings. The van der Waals surface area contributed by atoms with Gasteiger partial charge in [-0.3, -0.25) is 0 Å². The van der Waals surface area contributed by atoms with Gasteiger partial charge in [-0.1, -0.05) is 24.3 Å². The first kappa shape index (κ1) is 13.7. The highest BCUT2D eigenvalue weighted by Crippen LogP contribution is 2.29. The maximum absolute atomic E-state index is 12.5. The fraction of sp³-hybridized carbons (Fsp3) is 0.333. The molecule has 0 atom stereocenters. The number of hydrogen-bond acceptors (Lipinski definition) is 1. The van der Waals surface area contributed by atoms with Crippen LogP contribution in [0.2, 0.25) is 0 Å².